The highest BCUT2D eigenvalue weighted by atomic mass is 16.5. The number of nitrogens with zero attached hydrogens (tertiary/aromatic N) is 1. The molecule has 0 fully saturated rings. The summed E-state index contributed by atoms with van der Waals surface area (Å²) in [5, 5.41) is 13.9. The Hall–Kier alpha value is -3.61. The molecule has 2 aromatic carbocycles. The van der Waals surface area contributed by atoms with Gasteiger partial charge in [-0.1, -0.05) is 25.5 Å². The molecule has 0 radical (unpaired) electrons. The summed E-state index contributed by atoms with van der Waals surface area (Å²) in [5.74, 6) is -1.44. The molecule has 0 bridgehead atoms. The SMILES string of the molecule is CCCCOC(=O)c1ccc(NC(=O)c2c(O)c3cccc4c3n(c2=O)C(C)C4)cc1. The summed E-state index contributed by atoms with van der Waals surface area (Å²) in [6.45, 7) is 4.29. The Morgan fingerprint density at radius 1 is 1.19 bits per heavy atom. The number of pyridine rings is 1. The van der Waals surface area contributed by atoms with Gasteiger partial charge < -0.3 is 19.7 Å². The largest absolute Gasteiger partial charge is 0.506 e. The number of anilines is 1. The topological polar surface area (TPSA) is 97.6 Å². The number of ether oxygens (including phenoxy) is 1. The molecule has 0 saturated heterocycles. The van der Waals surface area contributed by atoms with Crippen LogP contribution in [0.2, 0.25) is 0 Å². The molecule has 2 heterocycles. The highest BCUT2D eigenvalue weighted by molar-refractivity contribution is 6.09. The summed E-state index contributed by atoms with van der Waals surface area (Å²) in [6, 6.07) is 11.6. The second kappa shape index (κ2) is 8.26. The van der Waals surface area contributed by atoms with E-state index in [-0.39, 0.29) is 17.4 Å². The summed E-state index contributed by atoms with van der Waals surface area (Å²) in [4.78, 5) is 38.0. The van der Waals surface area contributed by atoms with Crippen molar-refractivity contribution in [2.45, 2.75) is 39.2 Å². The number of esters is 1. The van der Waals surface area contributed by atoms with Crippen LogP contribution in [-0.4, -0.2) is 28.2 Å². The summed E-state index contributed by atoms with van der Waals surface area (Å²) in [5.41, 5.74) is 1.62. The molecule has 1 unspecified atom stereocenters. The molecule has 2 N–H and O–H groups in total. The van der Waals surface area contributed by atoms with E-state index < -0.39 is 17.4 Å². The van der Waals surface area contributed by atoms with E-state index >= 15 is 0 Å². The van der Waals surface area contributed by atoms with Gasteiger partial charge in [0.15, 0.2) is 0 Å². The molecule has 1 aliphatic heterocycles. The molecule has 31 heavy (non-hydrogen) atoms. The minimum absolute atomic E-state index is 0.0995. The van der Waals surface area contributed by atoms with Crippen LogP contribution in [0.4, 0.5) is 5.69 Å². The fraction of sp³-hybridized carbons (Fsp3) is 0.292. The zero-order valence-corrected chi connectivity index (χ0v) is 17.5. The lowest BCUT2D eigenvalue weighted by atomic mass is 10.1. The molecule has 7 nitrogen and oxygen atoms in total. The number of benzene rings is 2. The van der Waals surface area contributed by atoms with E-state index in [2.05, 4.69) is 5.32 Å². The number of nitrogens with one attached hydrogen (secondary N) is 1. The zero-order chi connectivity index (χ0) is 22.1. The van der Waals surface area contributed by atoms with E-state index in [1.165, 1.54) is 0 Å². The molecule has 0 spiro atoms. The number of rotatable bonds is 6. The molecule has 1 atom stereocenters. The summed E-state index contributed by atoms with van der Waals surface area (Å²) >= 11 is 0. The maximum absolute atomic E-state index is 13.1. The second-order valence-electron chi connectivity index (χ2n) is 7.79. The first-order chi connectivity index (χ1) is 14.9. The number of hydrogen-bond acceptors (Lipinski definition) is 5. The van der Waals surface area contributed by atoms with Crippen molar-refractivity contribution in [3.63, 3.8) is 0 Å². The molecule has 160 valence electrons. The number of amides is 1. The van der Waals surface area contributed by atoms with Crippen LogP contribution in [0.1, 0.15) is 59.0 Å². The first-order valence-corrected chi connectivity index (χ1v) is 10.4. The van der Waals surface area contributed by atoms with Crippen LogP contribution >= 0.6 is 0 Å². The van der Waals surface area contributed by atoms with Gasteiger partial charge in [-0.15, -0.1) is 0 Å². The minimum Gasteiger partial charge on any atom is -0.506 e. The van der Waals surface area contributed by atoms with Crippen molar-refractivity contribution < 1.29 is 19.4 Å². The molecule has 1 amide bonds. The third kappa shape index (κ3) is 3.67. The lowest BCUT2D eigenvalue weighted by Gasteiger charge is -2.14. The van der Waals surface area contributed by atoms with E-state index in [0.717, 1.165) is 18.4 Å². The van der Waals surface area contributed by atoms with Crippen molar-refractivity contribution in [3.05, 3.63) is 69.5 Å². The summed E-state index contributed by atoms with van der Waals surface area (Å²) < 4.78 is 6.75. The van der Waals surface area contributed by atoms with Gasteiger partial charge in [-0.25, -0.2) is 4.79 Å². The predicted molar refractivity (Wildman–Crippen MR) is 118 cm³/mol. The van der Waals surface area contributed by atoms with Crippen LogP contribution in [0.5, 0.6) is 5.75 Å². The quantitative estimate of drug-likeness (QED) is 0.463. The number of hydrogen-bond donors (Lipinski definition) is 2. The van der Waals surface area contributed by atoms with Crippen molar-refractivity contribution in [1.82, 2.24) is 4.57 Å². The van der Waals surface area contributed by atoms with Crippen molar-refractivity contribution in [3.8, 4) is 5.75 Å². The number of para-hydroxylation sites is 1. The molecule has 7 heteroatoms. The maximum Gasteiger partial charge on any atom is 0.338 e. The molecule has 1 aliphatic rings. The van der Waals surface area contributed by atoms with Gasteiger partial charge in [0, 0.05) is 17.1 Å². The van der Waals surface area contributed by atoms with Gasteiger partial charge in [0.2, 0.25) is 0 Å². The van der Waals surface area contributed by atoms with Crippen LogP contribution in [0, 0.1) is 0 Å². The van der Waals surface area contributed by atoms with E-state index in [0.29, 0.717) is 35.2 Å². The van der Waals surface area contributed by atoms with Crippen LogP contribution < -0.4 is 10.9 Å². The standard InChI is InChI=1S/C24H24N2O5/c1-3-4-12-31-24(30)15-8-10-17(11-9-15)25-22(28)19-21(27)18-7-5-6-16-13-14(2)26(20(16)18)23(19)29/h5-11,14,27H,3-4,12-13H2,1-2H3,(H,25,28). The fourth-order valence-corrected chi connectivity index (χ4v) is 4.00. The smallest absolute Gasteiger partial charge is 0.338 e. The van der Waals surface area contributed by atoms with Gasteiger partial charge in [0.05, 0.1) is 17.7 Å². The third-order valence-corrected chi connectivity index (χ3v) is 5.58. The Labute approximate surface area is 179 Å². The zero-order valence-electron chi connectivity index (χ0n) is 17.5. The number of carbonyl (C=O) groups excluding carboxylic acids is 2. The lowest BCUT2D eigenvalue weighted by molar-refractivity contribution is 0.0499. The first-order valence-electron chi connectivity index (χ1n) is 10.4. The van der Waals surface area contributed by atoms with Crippen molar-refractivity contribution in [2.75, 3.05) is 11.9 Å². The maximum atomic E-state index is 13.1. The Morgan fingerprint density at radius 2 is 1.94 bits per heavy atom. The Kier molecular flexibility index (Phi) is 5.50. The van der Waals surface area contributed by atoms with Gasteiger partial charge in [-0.3, -0.25) is 9.59 Å². The van der Waals surface area contributed by atoms with Crippen LogP contribution in [0.25, 0.3) is 10.9 Å². The first kappa shape index (κ1) is 20.7. The number of aromatic hydroxyl groups is 1. The normalized spacial score (nSPS) is 14.6. The van der Waals surface area contributed by atoms with Crippen LogP contribution in [-0.2, 0) is 11.2 Å². The highest BCUT2D eigenvalue weighted by Crippen LogP contribution is 2.36. The number of aromatic nitrogens is 1. The van der Waals surface area contributed by atoms with E-state index in [1.807, 2.05) is 26.0 Å². The van der Waals surface area contributed by atoms with Gasteiger partial charge >= 0.3 is 5.97 Å². The molecule has 3 aromatic rings. The summed E-state index contributed by atoms with van der Waals surface area (Å²) in [6.07, 6.45) is 2.40. The summed E-state index contributed by atoms with van der Waals surface area (Å²) in [7, 11) is 0. The number of carbonyl (C=O) groups is 2. The van der Waals surface area contributed by atoms with E-state index in [4.69, 9.17) is 4.74 Å². The molecule has 0 saturated carbocycles. The molecule has 1 aromatic heterocycles. The average molecular weight is 420 g/mol. The van der Waals surface area contributed by atoms with Crippen molar-refractivity contribution >= 4 is 28.5 Å². The fourth-order valence-electron chi connectivity index (χ4n) is 4.00. The molecule has 4 rings (SSSR count). The van der Waals surface area contributed by atoms with Crippen LogP contribution in [0.3, 0.4) is 0 Å². The van der Waals surface area contributed by atoms with Crippen molar-refractivity contribution in [2.24, 2.45) is 0 Å². The highest BCUT2D eigenvalue weighted by Gasteiger charge is 2.29. The monoisotopic (exact) mass is 420 g/mol. The Balaban J connectivity index is 1.60. The number of unbranched alkanes of at least 4 members (excludes halogenated alkanes) is 1. The predicted octanol–water partition coefficient (Wildman–Crippen LogP) is 4.03. The van der Waals surface area contributed by atoms with E-state index in [1.54, 1.807) is 34.9 Å². The Morgan fingerprint density at radius 3 is 2.65 bits per heavy atom. The molecular weight excluding hydrogens is 396 g/mol. The van der Waals surface area contributed by atoms with Gasteiger partial charge in [-0.05, 0) is 55.7 Å². The minimum atomic E-state index is -0.698. The third-order valence-electron chi connectivity index (χ3n) is 5.58. The van der Waals surface area contributed by atoms with Gasteiger partial charge in [0.25, 0.3) is 11.5 Å². The van der Waals surface area contributed by atoms with Crippen LogP contribution in [0.15, 0.2) is 47.3 Å². The molecular formula is C24H24N2O5. The Bertz CT molecular complexity index is 1230. The van der Waals surface area contributed by atoms with Gasteiger partial charge in [0.1, 0.15) is 11.3 Å². The molecule has 0 aliphatic carbocycles. The second-order valence-corrected chi connectivity index (χ2v) is 7.79. The van der Waals surface area contributed by atoms with Crippen molar-refractivity contribution in [1.29, 1.82) is 0 Å². The average Bonchev–Trinajstić information content (AvgIpc) is 3.09. The van der Waals surface area contributed by atoms with Gasteiger partial charge in [-0.2, -0.15) is 0 Å². The lowest BCUT2D eigenvalue weighted by Crippen LogP contribution is -2.30. The van der Waals surface area contributed by atoms with E-state index in [9.17, 15) is 19.5 Å².